The smallest absolute Gasteiger partial charge is 0.276 e. The van der Waals surface area contributed by atoms with Crippen LogP contribution in [0.5, 0.6) is 0 Å². The standard InChI is InChI=1S/C17H15BrN2O3S/c1-11-2-6-13(7-3-11)24(22,23)20-9-8-14-15(18)10-19(12-4-5-12)17(21)16(14)20/h2-3,6-10,12H,4-5H2,1H3. The van der Waals surface area contributed by atoms with E-state index in [0.717, 1.165) is 26.9 Å². The predicted octanol–water partition coefficient (Wildman–Crippen LogP) is 3.45. The molecule has 3 aromatic rings. The average molecular weight is 407 g/mol. The topological polar surface area (TPSA) is 61.1 Å². The molecule has 7 heteroatoms. The van der Waals surface area contributed by atoms with E-state index in [0.29, 0.717) is 5.39 Å². The molecule has 0 amide bonds. The lowest BCUT2D eigenvalue weighted by molar-refractivity contribution is 0.588. The van der Waals surface area contributed by atoms with Gasteiger partial charge in [0.25, 0.3) is 15.6 Å². The zero-order valence-corrected chi connectivity index (χ0v) is 15.3. The van der Waals surface area contributed by atoms with E-state index in [9.17, 15) is 13.2 Å². The lowest BCUT2D eigenvalue weighted by Crippen LogP contribution is -2.23. The van der Waals surface area contributed by atoms with Crippen molar-refractivity contribution in [3.63, 3.8) is 0 Å². The van der Waals surface area contributed by atoms with Gasteiger partial charge in [-0.15, -0.1) is 0 Å². The lowest BCUT2D eigenvalue weighted by Gasteiger charge is -2.10. The number of aryl methyl sites for hydroxylation is 1. The van der Waals surface area contributed by atoms with E-state index < -0.39 is 10.0 Å². The second kappa shape index (κ2) is 5.32. The molecule has 5 nitrogen and oxygen atoms in total. The Kier molecular flexibility index (Phi) is 3.47. The van der Waals surface area contributed by atoms with Gasteiger partial charge in [0.1, 0.15) is 5.52 Å². The van der Waals surface area contributed by atoms with Crippen LogP contribution in [0.2, 0.25) is 0 Å². The highest BCUT2D eigenvalue weighted by atomic mass is 79.9. The molecule has 4 rings (SSSR count). The summed E-state index contributed by atoms with van der Waals surface area (Å²) in [6, 6.07) is 8.45. The molecule has 0 aliphatic heterocycles. The van der Waals surface area contributed by atoms with E-state index in [1.807, 2.05) is 6.92 Å². The van der Waals surface area contributed by atoms with Crippen molar-refractivity contribution >= 4 is 36.9 Å². The molecule has 1 saturated carbocycles. The fourth-order valence-electron chi connectivity index (χ4n) is 2.84. The summed E-state index contributed by atoms with van der Waals surface area (Å²) in [4.78, 5) is 13.0. The van der Waals surface area contributed by atoms with Crippen LogP contribution in [-0.4, -0.2) is 17.0 Å². The fraction of sp³-hybridized carbons (Fsp3) is 0.235. The molecular weight excluding hydrogens is 392 g/mol. The van der Waals surface area contributed by atoms with Crippen molar-refractivity contribution in [3.05, 3.63) is 63.1 Å². The summed E-state index contributed by atoms with van der Waals surface area (Å²) in [5, 5.41) is 0.604. The highest BCUT2D eigenvalue weighted by molar-refractivity contribution is 9.10. The normalized spacial score (nSPS) is 15.1. The van der Waals surface area contributed by atoms with Crippen LogP contribution in [0.3, 0.4) is 0 Å². The quantitative estimate of drug-likeness (QED) is 0.668. The first-order valence-corrected chi connectivity index (χ1v) is 9.87. The Balaban J connectivity index is 2.00. The van der Waals surface area contributed by atoms with Gasteiger partial charge in [0.15, 0.2) is 0 Å². The monoisotopic (exact) mass is 406 g/mol. The summed E-state index contributed by atoms with van der Waals surface area (Å²) in [6.45, 7) is 1.90. The maximum absolute atomic E-state index is 13.0. The van der Waals surface area contributed by atoms with Gasteiger partial charge in [-0.05, 0) is 53.9 Å². The van der Waals surface area contributed by atoms with E-state index in [1.54, 1.807) is 41.1 Å². The van der Waals surface area contributed by atoms with Crippen LogP contribution >= 0.6 is 15.9 Å². The Morgan fingerprint density at radius 2 is 1.79 bits per heavy atom. The van der Waals surface area contributed by atoms with E-state index >= 15 is 0 Å². The number of halogens is 1. The minimum atomic E-state index is -3.82. The minimum absolute atomic E-state index is 0.169. The summed E-state index contributed by atoms with van der Waals surface area (Å²) in [7, 11) is -3.82. The van der Waals surface area contributed by atoms with Crippen molar-refractivity contribution in [2.75, 3.05) is 0 Å². The summed E-state index contributed by atoms with van der Waals surface area (Å²) < 4.78 is 29.4. The molecule has 1 aliphatic rings. The average Bonchev–Trinajstić information content (AvgIpc) is 3.27. The molecule has 1 fully saturated rings. The molecule has 1 aliphatic carbocycles. The second-order valence-corrected chi connectivity index (χ2v) is 8.78. The summed E-state index contributed by atoms with van der Waals surface area (Å²) in [6.07, 6.45) is 5.10. The Morgan fingerprint density at radius 3 is 2.42 bits per heavy atom. The Labute approximate surface area is 147 Å². The Bertz CT molecular complexity index is 1110. The van der Waals surface area contributed by atoms with Crippen molar-refractivity contribution in [1.29, 1.82) is 0 Å². The molecule has 2 aromatic heterocycles. The fourth-order valence-corrected chi connectivity index (χ4v) is 4.72. The zero-order valence-electron chi connectivity index (χ0n) is 12.9. The predicted molar refractivity (Wildman–Crippen MR) is 95.9 cm³/mol. The Morgan fingerprint density at radius 1 is 1.12 bits per heavy atom. The molecule has 2 heterocycles. The SMILES string of the molecule is Cc1ccc(S(=O)(=O)n2ccc3c(Br)cn(C4CC4)c(=O)c32)cc1. The lowest BCUT2D eigenvalue weighted by atomic mass is 10.2. The number of benzene rings is 1. The molecule has 1 aromatic carbocycles. The van der Waals surface area contributed by atoms with Gasteiger partial charge < -0.3 is 4.57 Å². The van der Waals surface area contributed by atoms with Crippen molar-refractivity contribution in [2.24, 2.45) is 0 Å². The summed E-state index contributed by atoms with van der Waals surface area (Å²) in [5.74, 6) is 0. The van der Waals surface area contributed by atoms with Gasteiger partial charge in [-0.25, -0.2) is 12.4 Å². The zero-order chi connectivity index (χ0) is 17.1. The summed E-state index contributed by atoms with van der Waals surface area (Å²) >= 11 is 3.46. The largest absolute Gasteiger partial charge is 0.309 e. The third kappa shape index (κ3) is 2.34. The minimum Gasteiger partial charge on any atom is -0.309 e. The molecule has 0 bridgehead atoms. The molecule has 0 saturated heterocycles. The third-order valence-electron chi connectivity index (χ3n) is 4.32. The van der Waals surface area contributed by atoms with Gasteiger partial charge in [-0.3, -0.25) is 4.79 Å². The Hall–Kier alpha value is -1.86. The molecular formula is C17H15BrN2O3S. The van der Waals surface area contributed by atoms with Crippen molar-refractivity contribution in [2.45, 2.75) is 30.7 Å². The number of nitrogens with zero attached hydrogens (tertiary/aromatic N) is 2. The van der Waals surface area contributed by atoms with Gasteiger partial charge in [-0.2, -0.15) is 0 Å². The molecule has 0 unspecified atom stereocenters. The number of fused-ring (bicyclic) bond motifs is 1. The number of hydrogen-bond donors (Lipinski definition) is 0. The molecule has 0 N–H and O–H groups in total. The van der Waals surface area contributed by atoms with Gasteiger partial charge >= 0.3 is 0 Å². The van der Waals surface area contributed by atoms with E-state index in [4.69, 9.17) is 0 Å². The molecule has 0 atom stereocenters. The molecule has 0 radical (unpaired) electrons. The highest BCUT2D eigenvalue weighted by Crippen LogP contribution is 2.35. The maximum atomic E-state index is 13.0. The van der Waals surface area contributed by atoms with Gasteiger partial charge in [0, 0.05) is 28.3 Å². The molecule has 124 valence electrons. The van der Waals surface area contributed by atoms with Crippen LogP contribution < -0.4 is 5.56 Å². The van der Waals surface area contributed by atoms with Crippen LogP contribution in [0.25, 0.3) is 10.9 Å². The number of aromatic nitrogens is 2. The maximum Gasteiger partial charge on any atom is 0.276 e. The van der Waals surface area contributed by atoms with Crippen LogP contribution in [0.1, 0.15) is 24.4 Å². The number of pyridine rings is 1. The first-order valence-electron chi connectivity index (χ1n) is 7.63. The van der Waals surface area contributed by atoms with Crippen LogP contribution in [0.4, 0.5) is 0 Å². The third-order valence-corrected chi connectivity index (χ3v) is 6.64. The van der Waals surface area contributed by atoms with Gasteiger partial charge in [0.2, 0.25) is 0 Å². The van der Waals surface area contributed by atoms with E-state index in [2.05, 4.69) is 15.9 Å². The summed E-state index contributed by atoms with van der Waals surface area (Å²) in [5.41, 5.74) is 0.901. The number of rotatable bonds is 3. The second-order valence-electron chi connectivity index (χ2n) is 6.11. The molecule has 24 heavy (non-hydrogen) atoms. The van der Waals surface area contributed by atoms with Crippen molar-refractivity contribution in [3.8, 4) is 0 Å². The van der Waals surface area contributed by atoms with Crippen molar-refractivity contribution < 1.29 is 8.42 Å². The van der Waals surface area contributed by atoms with Gasteiger partial charge in [-0.1, -0.05) is 17.7 Å². The van der Waals surface area contributed by atoms with Gasteiger partial charge in [0.05, 0.1) is 4.90 Å². The van der Waals surface area contributed by atoms with Crippen LogP contribution in [0, 0.1) is 6.92 Å². The highest BCUT2D eigenvalue weighted by Gasteiger charge is 2.28. The van der Waals surface area contributed by atoms with E-state index in [-0.39, 0.29) is 22.0 Å². The van der Waals surface area contributed by atoms with Crippen LogP contribution in [-0.2, 0) is 10.0 Å². The first kappa shape index (κ1) is 15.7. The van der Waals surface area contributed by atoms with Crippen molar-refractivity contribution in [1.82, 2.24) is 8.54 Å². The van der Waals surface area contributed by atoms with Crippen LogP contribution in [0.15, 0.2) is 56.9 Å². The molecule has 0 spiro atoms. The first-order chi connectivity index (χ1) is 11.4. The number of hydrogen-bond acceptors (Lipinski definition) is 3. The van der Waals surface area contributed by atoms with E-state index in [1.165, 1.54) is 6.20 Å².